The summed E-state index contributed by atoms with van der Waals surface area (Å²) in [5.74, 6) is -0.0702. The van der Waals surface area contributed by atoms with Crippen molar-refractivity contribution in [2.75, 3.05) is 5.32 Å². The smallest absolute Gasteiger partial charge is 0.237 e. The molecular formula is C23H22N6OS. The van der Waals surface area contributed by atoms with Gasteiger partial charge in [-0.25, -0.2) is 9.97 Å². The molecule has 3 aromatic heterocycles. The van der Waals surface area contributed by atoms with E-state index in [9.17, 15) is 4.79 Å². The van der Waals surface area contributed by atoms with Crippen LogP contribution in [0.1, 0.15) is 13.8 Å². The van der Waals surface area contributed by atoms with Crippen LogP contribution in [0, 0.1) is 0 Å². The molecule has 1 amide bonds. The van der Waals surface area contributed by atoms with Crippen LogP contribution in [0.15, 0.2) is 60.0 Å². The SMILES string of the molecule is CCn1c2ccccc2c2cc(NC(=O)C(C)Sc3ncnc4c3cnn4C)ccc21. The Bertz CT molecular complexity index is 1440. The summed E-state index contributed by atoms with van der Waals surface area (Å²) in [7, 11) is 1.84. The average molecular weight is 431 g/mol. The number of para-hydroxylation sites is 1. The Morgan fingerprint density at radius 3 is 2.74 bits per heavy atom. The first-order chi connectivity index (χ1) is 15.1. The molecule has 0 saturated carbocycles. The van der Waals surface area contributed by atoms with E-state index in [0.29, 0.717) is 0 Å². The second kappa shape index (κ2) is 7.70. The van der Waals surface area contributed by atoms with E-state index >= 15 is 0 Å². The van der Waals surface area contributed by atoms with Gasteiger partial charge in [0.05, 0.1) is 16.8 Å². The molecule has 1 N–H and O–H groups in total. The van der Waals surface area contributed by atoms with E-state index in [1.54, 1.807) is 10.9 Å². The molecule has 156 valence electrons. The number of hydrogen-bond acceptors (Lipinski definition) is 5. The van der Waals surface area contributed by atoms with Crippen molar-refractivity contribution in [1.82, 2.24) is 24.3 Å². The predicted octanol–water partition coefficient (Wildman–Crippen LogP) is 4.61. The summed E-state index contributed by atoms with van der Waals surface area (Å²) in [5.41, 5.74) is 3.92. The number of anilines is 1. The molecule has 31 heavy (non-hydrogen) atoms. The van der Waals surface area contributed by atoms with Crippen molar-refractivity contribution < 1.29 is 4.79 Å². The minimum Gasteiger partial charge on any atom is -0.341 e. The first kappa shape index (κ1) is 19.6. The molecule has 1 atom stereocenters. The van der Waals surface area contributed by atoms with Crippen molar-refractivity contribution >= 4 is 56.2 Å². The highest BCUT2D eigenvalue weighted by Gasteiger charge is 2.19. The van der Waals surface area contributed by atoms with Crippen molar-refractivity contribution in [3.8, 4) is 0 Å². The summed E-state index contributed by atoms with van der Waals surface area (Å²) < 4.78 is 4.00. The van der Waals surface area contributed by atoms with E-state index in [0.717, 1.165) is 33.7 Å². The van der Waals surface area contributed by atoms with Crippen LogP contribution >= 0.6 is 11.8 Å². The molecule has 2 aromatic carbocycles. The number of carbonyl (C=O) groups excluding carboxylic acids is 1. The Kier molecular flexibility index (Phi) is 4.86. The molecule has 0 aliphatic rings. The fourth-order valence-electron chi connectivity index (χ4n) is 3.97. The van der Waals surface area contributed by atoms with Crippen LogP contribution in [0.4, 0.5) is 5.69 Å². The summed E-state index contributed by atoms with van der Waals surface area (Å²) >= 11 is 1.41. The lowest BCUT2D eigenvalue weighted by molar-refractivity contribution is -0.115. The van der Waals surface area contributed by atoms with Gasteiger partial charge in [0.15, 0.2) is 5.65 Å². The zero-order valence-electron chi connectivity index (χ0n) is 17.5. The minimum absolute atomic E-state index is 0.0702. The number of aryl methyl sites for hydroxylation is 2. The van der Waals surface area contributed by atoms with E-state index < -0.39 is 0 Å². The number of nitrogens with zero attached hydrogens (tertiary/aromatic N) is 5. The molecule has 5 rings (SSSR count). The lowest BCUT2D eigenvalue weighted by Crippen LogP contribution is -2.22. The van der Waals surface area contributed by atoms with Crippen LogP contribution < -0.4 is 5.32 Å². The van der Waals surface area contributed by atoms with Gasteiger partial charge in [0.1, 0.15) is 11.4 Å². The third-order valence-electron chi connectivity index (χ3n) is 5.51. The van der Waals surface area contributed by atoms with Crippen molar-refractivity contribution in [3.63, 3.8) is 0 Å². The van der Waals surface area contributed by atoms with E-state index in [2.05, 4.69) is 62.2 Å². The van der Waals surface area contributed by atoms with Gasteiger partial charge in [-0.2, -0.15) is 5.10 Å². The molecule has 0 saturated heterocycles. The molecule has 0 radical (unpaired) electrons. The molecule has 1 unspecified atom stereocenters. The van der Waals surface area contributed by atoms with Crippen molar-refractivity contribution in [2.24, 2.45) is 7.05 Å². The highest BCUT2D eigenvalue weighted by atomic mass is 32.2. The van der Waals surface area contributed by atoms with E-state index in [1.807, 2.05) is 26.1 Å². The van der Waals surface area contributed by atoms with Gasteiger partial charge in [0, 0.05) is 41.1 Å². The summed E-state index contributed by atoms with van der Waals surface area (Å²) in [6, 6.07) is 14.5. The Balaban J connectivity index is 1.41. The molecule has 0 spiro atoms. The summed E-state index contributed by atoms with van der Waals surface area (Å²) in [6.45, 7) is 4.92. The molecule has 7 nitrogen and oxygen atoms in total. The number of thioether (sulfide) groups is 1. The topological polar surface area (TPSA) is 77.6 Å². The maximum Gasteiger partial charge on any atom is 0.237 e. The molecule has 0 aliphatic heterocycles. The van der Waals surface area contributed by atoms with Crippen molar-refractivity contribution in [2.45, 2.75) is 30.7 Å². The van der Waals surface area contributed by atoms with Gasteiger partial charge in [-0.3, -0.25) is 9.48 Å². The Morgan fingerprint density at radius 2 is 1.90 bits per heavy atom. The second-order valence-electron chi connectivity index (χ2n) is 7.43. The molecule has 0 aliphatic carbocycles. The second-order valence-corrected chi connectivity index (χ2v) is 8.76. The minimum atomic E-state index is -0.328. The molecular weight excluding hydrogens is 408 g/mol. The van der Waals surface area contributed by atoms with Crippen molar-refractivity contribution in [3.05, 3.63) is 55.0 Å². The van der Waals surface area contributed by atoms with Crippen LogP contribution in [0.3, 0.4) is 0 Å². The van der Waals surface area contributed by atoms with Crippen LogP contribution in [0.25, 0.3) is 32.8 Å². The number of fused-ring (bicyclic) bond motifs is 4. The molecule has 0 fully saturated rings. The zero-order valence-corrected chi connectivity index (χ0v) is 18.3. The first-order valence-electron chi connectivity index (χ1n) is 10.2. The van der Waals surface area contributed by atoms with Gasteiger partial charge in [0.25, 0.3) is 0 Å². The van der Waals surface area contributed by atoms with Gasteiger partial charge in [-0.05, 0) is 38.1 Å². The van der Waals surface area contributed by atoms with Gasteiger partial charge < -0.3 is 9.88 Å². The van der Waals surface area contributed by atoms with Gasteiger partial charge in [-0.1, -0.05) is 30.0 Å². The fourth-order valence-corrected chi connectivity index (χ4v) is 4.85. The summed E-state index contributed by atoms with van der Waals surface area (Å²) in [5, 5.41) is 10.9. The lowest BCUT2D eigenvalue weighted by atomic mass is 10.1. The zero-order chi connectivity index (χ0) is 21.5. The number of aromatic nitrogens is 5. The van der Waals surface area contributed by atoms with Crippen LogP contribution in [-0.2, 0) is 18.4 Å². The Hall–Kier alpha value is -3.39. The standard InChI is InChI=1S/C23H22N6OS/c1-4-29-19-8-6-5-7-16(19)17-11-15(9-10-20(17)29)27-22(30)14(2)31-23-18-12-26-28(3)21(18)24-13-25-23/h5-14H,4H2,1-3H3,(H,27,30). The monoisotopic (exact) mass is 430 g/mol. The number of nitrogens with one attached hydrogen (secondary N) is 1. The van der Waals surface area contributed by atoms with Crippen molar-refractivity contribution in [1.29, 1.82) is 0 Å². The van der Waals surface area contributed by atoms with Gasteiger partial charge in [0.2, 0.25) is 5.91 Å². The maximum atomic E-state index is 12.9. The molecule has 8 heteroatoms. The van der Waals surface area contributed by atoms with Gasteiger partial charge in [-0.15, -0.1) is 0 Å². The van der Waals surface area contributed by atoms with E-state index in [-0.39, 0.29) is 11.2 Å². The number of benzene rings is 2. The summed E-state index contributed by atoms with van der Waals surface area (Å²) in [4.78, 5) is 21.5. The van der Waals surface area contributed by atoms with E-state index in [1.165, 1.54) is 34.5 Å². The van der Waals surface area contributed by atoms with Crippen LogP contribution in [0.2, 0.25) is 0 Å². The highest BCUT2D eigenvalue weighted by Crippen LogP contribution is 2.32. The Labute approximate surface area is 183 Å². The fraction of sp³-hybridized carbons (Fsp3) is 0.217. The van der Waals surface area contributed by atoms with Crippen LogP contribution in [0.5, 0.6) is 0 Å². The number of hydrogen-bond donors (Lipinski definition) is 1. The third kappa shape index (κ3) is 3.33. The largest absolute Gasteiger partial charge is 0.341 e. The molecule has 3 heterocycles. The maximum absolute atomic E-state index is 12.9. The predicted molar refractivity (Wildman–Crippen MR) is 125 cm³/mol. The quantitative estimate of drug-likeness (QED) is 0.325. The Morgan fingerprint density at radius 1 is 1.10 bits per heavy atom. The number of carbonyl (C=O) groups is 1. The number of rotatable bonds is 5. The van der Waals surface area contributed by atoms with E-state index in [4.69, 9.17) is 0 Å². The molecule has 0 bridgehead atoms. The third-order valence-corrected chi connectivity index (χ3v) is 6.62. The van der Waals surface area contributed by atoms with Gasteiger partial charge >= 0.3 is 0 Å². The normalized spacial score (nSPS) is 12.6. The number of amides is 1. The first-order valence-corrected chi connectivity index (χ1v) is 11.1. The average Bonchev–Trinajstić information content (AvgIpc) is 3.32. The van der Waals surface area contributed by atoms with Crippen LogP contribution in [-0.4, -0.2) is 35.5 Å². The lowest BCUT2D eigenvalue weighted by Gasteiger charge is -2.12. The molecule has 5 aromatic rings. The highest BCUT2D eigenvalue weighted by molar-refractivity contribution is 8.00. The summed E-state index contributed by atoms with van der Waals surface area (Å²) in [6.07, 6.45) is 3.24.